The van der Waals surface area contributed by atoms with E-state index >= 15 is 0 Å². The highest BCUT2D eigenvalue weighted by Gasteiger charge is 2.47. The maximum absolute atomic E-state index is 12.6. The van der Waals surface area contributed by atoms with E-state index < -0.39 is 0 Å². The molecule has 1 spiro atoms. The number of benzene rings is 1. The molecule has 0 N–H and O–H groups in total. The SMILES string of the molecule is COC[C@@H]1CN(C)CC12CCN(C(=O)CCc1ccccc1Cl)CC2. The predicted octanol–water partition coefficient (Wildman–Crippen LogP) is 3.09. The molecular weight excluding hydrogens is 336 g/mol. The van der Waals surface area contributed by atoms with Crippen molar-refractivity contribution in [2.24, 2.45) is 11.3 Å². The molecule has 5 heteroatoms. The number of piperidine rings is 1. The van der Waals surface area contributed by atoms with Crippen molar-refractivity contribution in [2.45, 2.75) is 25.7 Å². The molecule has 1 amide bonds. The van der Waals surface area contributed by atoms with E-state index in [2.05, 4.69) is 11.9 Å². The molecule has 2 heterocycles. The van der Waals surface area contributed by atoms with E-state index in [-0.39, 0.29) is 5.91 Å². The van der Waals surface area contributed by atoms with Gasteiger partial charge in [-0.2, -0.15) is 0 Å². The second-order valence-electron chi connectivity index (χ2n) is 7.68. The van der Waals surface area contributed by atoms with Crippen molar-refractivity contribution in [3.63, 3.8) is 0 Å². The number of aryl methyl sites for hydroxylation is 1. The number of methoxy groups -OCH3 is 1. The number of ether oxygens (including phenoxy) is 1. The Labute approximate surface area is 156 Å². The van der Waals surface area contributed by atoms with Crippen molar-refractivity contribution in [1.82, 2.24) is 9.80 Å². The Kier molecular flexibility index (Phi) is 6.03. The Morgan fingerprint density at radius 3 is 2.72 bits per heavy atom. The molecule has 2 aliphatic heterocycles. The number of hydrogen-bond acceptors (Lipinski definition) is 3. The van der Waals surface area contributed by atoms with E-state index in [1.54, 1.807) is 7.11 Å². The lowest BCUT2D eigenvalue weighted by Crippen LogP contribution is -2.47. The van der Waals surface area contributed by atoms with E-state index in [0.717, 1.165) is 62.6 Å². The van der Waals surface area contributed by atoms with Gasteiger partial charge in [-0.05, 0) is 43.4 Å². The fraction of sp³-hybridized carbons (Fsp3) is 0.650. The first-order valence-corrected chi connectivity index (χ1v) is 9.60. The molecule has 4 nitrogen and oxygen atoms in total. The summed E-state index contributed by atoms with van der Waals surface area (Å²) in [5, 5.41) is 0.754. The third-order valence-corrected chi connectivity index (χ3v) is 6.40. The van der Waals surface area contributed by atoms with Crippen LogP contribution in [0.25, 0.3) is 0 Å². The van der Waals surface area contributed by atoms with Gasteiger partial charge in [-0.25, -0.2) is 0 Å². The maximum atomic E-state index is 12.6. The summed E-state index contributed by atoms with van der Waals surface area (Å²) in [7, 11) is 3.98. The van der Waals surface area contributed by atoms with E-state index in [9.17, 15) is 4.79 Å². The Morgan fingerprint density at radius 2 is 2.04 bits per heavy atom. The zero-order valence-corrected chi connectivity index (χ0v) is 16.1. The fourth-order valence-corrected chi connectivity index (χ4v) is 4.83. The number of rotatable bonds is 5. The first-order valence-electron chi connectivity index (χ1n) is 9.23. The number of halogens is 1. The predicted molar refractivity (Wildman–Crippen MR) is 101 cm³/mol. The zero-order valence-electron chi connectivity index (χ0n) is 15.3. The average Bonchev–Trinajstić information content (AvgIpc) is 2.90. The lowest BCUT2D eigenvalue weighted by Gasteiger charge is -2.42. The highest BCUT2D eigenvalue weighted by molar-refractivity contribution is 6.31. The molecule has 0 aliphatic carbocycles. The monoisotopic (exact) mass is 364 g/mol. The van der Waals surface area contributed by atoms with E-state index in [0.29, 0.717) is 17.8 Å². The summed E-state index contributed by atoms with van der Waals surface area (Å²) in [4.78, 5) is 17.1. The molecule has 0 radical (unpaired) electrons. The summed E-state index contributed by atoms with van der Waals surface area (Å²) < 4.78 is 5.45. The summed E-state index contributed by atoms with van der Waals surface area (Å²) in [6.45, 7) is 4.80. The van der Waals surface area contributed by atoms with Crippen LogP contribution in [-0.4, -0.2) is 62.7 Å². The second kappa shape index (κ2) is 8.07. The van der Waals surface area contributed by atoms with E-state index in [4.69, 9.17) is 16.3 Å². The number of carbonyl (C=O) groups is 1. The molecular formula is C20H29ClN2O2. The van der Waals surface area contributed by atoms with Crippen LogP contribution in [0.3, 0.4) is 0 Å². The normalized spacial score (nSPS) is 23.3. The van der Waals surface area contributed by atoms with Gasteiger partial charge in [0.25, 0.3) is 0 Å². The minimum absolute atomic E-state index is 0.254. The minimum atomic E-state index is 0.254. The molecule has 0 bridgehead atoms. The van der Waals surface area contributed by atoms with Gasteiger partial charge in [-0.15, -0.1) is 0 Å². The van der Waals surface area contributed by atoms with Crippen molar-refractivity contribution in [3.8, 4) is 0 Å². The summed E-state index contributed by atoms with van der Waals surface area (Å²) in [5.74, 6) is 0.840. The molecule has 0 aromatic heterocycles. The number of likely N-dealkylation sites (tertiary alicyclic amines) is 2. The summed E-state index contributed by atoms with van der Waals surface area (Å²) in [6.07, 6.45) is 3.43. The first kappa shape index (κ1) is 18.7. The van der Waals surface area contributed by atoms with Crippen molar-refractivity contribution in [2.75, 3.05) is 46.9 Å². The van der Waals surface area contributed by atoms with Crippen LogP contribution in [0.2, 0.25) is 5.02 Å². The molecule has 0 saturated carbocycles. The van der Waals surface area contributed by atoms with Crippen molar-refractivity contribution in [1.29, 1.82) is 0 Å². The van der Waals surface area contributed by atoms with Gasteiger partial charge in [0.05, 0.1) is 6.61 Å². The van der Waals surface area contributed by atoms with Crippen LogP contribution in [0.4, 0.5) is 0 Å². The highest BCUT2D eigenvalue weighted by Crippen LogP contribution is 2.44. The second-order valence-corrected chi connectivity index (χ2v) is 8.09. The topological polar surface area (TPSA) is 32.8 Å². The van der Waals surface area contributed by atoms with Gasteiger partial charge in [0.2, 0.25) is 5.91 Å². The number of hydrogen-bond donors (Lipinski definition) is 0. The first-order chi connectivity index (χ1) is 12.0. The third-order valence-electron chi connectivity index (χ3n) is 6.03. The number of nitrogens with zero attached hydrogens (tertiary/aromatic N) is 2. The van der Waals surface area contributed by atoms with Gasteiger partial charge < -0.3 is 14.5 Å². The molecule has 3 rings (SSSR count). The van der Waals surface area contributed by atoms with Crippen molar-refractivity contribution in [3.05, 3.63) is 34.9 Å². The molecule has 138 valence electrons. The lowest BCUT2D eigenvalue weighted by atomic mass is 9.71. The third kappa shape index (κ3) is 4.18. The molecule has 1 aromatic rings. The quantitative estimate of drug-likeness (QED) is 0.804. The standard InChI is InChI=1S/C20H29ClN2O2/c1-22-13-17(14-25-2)20(15-22)9-11-23(12-10-20)19(24)8-7-16-5-3-4-6-18(16)21/h3-6,17H,7-15H2,1-2H3/t17-/m0/s1. The molecule has 2 aliphatic rings. The van der Waals surface area contributed by atoms with E-state index in [1.165, 1.54) is 0 Å². The Bertz CT molecular complexity index is 599. The summed E-state index contributed by atoms with van der Waals surface area (Å²) in [5.41, 5.74) is 1.38. The van der Waals surface area contributed by atoms with Crippen molar-refractivity contribution < 1.29 is 9.53 Å². The molecule has 25 heavy (non-hydrogen) atoms. The van der Waals surface area contributed by atoms with Gasteiger partial charge in [0.1, 0.15) is 0 Å². The van der Waals surface area contributed by atoms with Gasteiger partial charge in [-0.3, -0.25) is 4.79 Å². The van der Waals surface area contributed by atoms with Crippen LogP contribution >= 0.6 is 11.6 Å². The average molecular weight is 365 g/mol. The van der Waals surface area contributed by atoms with Gasteiger partial charge in [0, 0.05) is 50.7 Å². The Morgan fingerprint density at radius 1 is 1.32 bits per heavy atom. The fourth-order valence-electron chi connectivity index (χ4n) is 4.60. The Balaban J connectivity index is 1.53. The van der Waals surface area contributed by atoms with Gasteiger partial charge >= 0.3 is 0 Å². The van der Waals surface area contributed by atoms with Gasteiger partial charge in [0.15, 0.2) is 0 Å². The maximum Gasteiger partial charge on any atom is 0.222 e. The Hall–Kier alpha value is -1.10. The highest BCUT2D eigenvalue weighted by atomic mass is 35.5. The zero-order chi connectivity index (χ0) is 17.9. The molecule has 0 unspecified atom stereocenters. The largest absolute Gasteiger partial charge is 0.384 e. The smallest absolute Gasteiger partial charge is 0.222 e. The number of carbonyl (C=O) groups excluding carboxylic acids is 1. The summed E-state index contributed by atoms with van der Waals surface area (Å²) in [6, 6.07) is 7.79. The molecule has 2 fully saturated rings. The van der Waals surface area contributed by atoms with Crippen LogP contribution in [0.5, 0.6) is 0 Å². The molecule has 1 aromatic carbocycles. The van der Waals surface area contributed by atoms with Crippen LogP contribution in [0.15, 0.2) is 24.3 Å². The molecule has 2 saturated heterocycles. The van der Waals surface area contributed by atoms with Crippen LogP contribution in [0.1, 0.15) is 24.8 Å². The minimum Gasteiger partial charge on any atom is -0.384 e. The van der Waals surface area contributed by atoms with Crippen LogP contribution in [0, 0.1) is 11.3 Å². The lowest BCUT2D eigenvalue weighted by molar-refractivity contribution is -0.134. The summed E-state index contributed by atoms with van der Waals surface area (Å²) >= 11 is 6.19. The van der Waals surface area contributed by atoms with Crippen LogP contribution < -0.4 is 0 Å². The van der Waals surface area contributed by atoms with Crippen LogP contribution in [-0.2, 0) is 16.0 Å². The van der Waals surface area contributed by atoms with E-state index in [1.807, 2.05) is 29.2 Å². The van der Waals surface area contributed by atoms with Gasteiger partial charge in [-0.1, -0.05) is 29.8 Å². The van der Waals surface area contributed by atoms with Crippen molar-refractivity contribution >= 4 is 17.5 Å². The number of amides is 1. The molecule has 1 atom stereocenters.